The predicted octanol–water partition coefficient (Wildman–Crippen LogP) is 1.98. The largest absolute Gasteiger partial charge is 0.481 e. The number of rotatable bonds is 4. The Morgan fingerprint density at radius 1 is 1.20 bits per heavy atom. The van der Waals surface area contributed by atoms with Gasteiger partial charge in [-0.15, -0.1) is 0 Å². The van der Waals surface area contributed by atoms with Crippen LogP contribution in [0.15, 0.2) is 30.3 Å². The molecule has 0 bridgehead atoms. The average Bonchev–Trinajstić information content (AvgIpc) is 2.18. The number of nitrogens with one attached hydrogen (secondary N) is 1. The summed E-state index contributed by atoms with van der Waals surface area (Å²) in [6, 6.07) is 9.47. The van der Waals surface area contributed by atoms with Crippen molar-refractivity contribution in [2.24, 2.45) is 0 Å². The first-order chi connectivity index (χ1) is 7.09. The Hall–Kier alpha value is -1.51. The number of carbonyl (C=O) groups excluding carboxylic acids is 1. The molecule has 3 nitrogen and oxygen atoms in total. The molecule has 1 aromatic carbocycles. The average molecular weight is 207 g/mol. The van der Waals surface area contributed by atoms with E-state index in [2.05, 4.69) is 5.32 Å². The molecule has 1 unspecified atom stereocenters. The highest BCUT2D eigenvalue weighted by molar-refractivity contribution is 5.80. The van der Waals surface area contributed by atoms with Crippen LogP contribution < -0.4 is 10.1 Å². The van der Waals surface area contributed by atoms with Gasteiger partial charge in [0, 0.05) is 6.04 Å². The van der Waals surface area contributed by atoms with E-state index >= 15 is 0 Å². The molecular formula is C12H17NO2. The Morgan fingerprint density at radius 3 is 2.33 bits per heavy atom. The van der Waals surface area contributed by atoms with Gasteiger partial charge in [0.15, 0.2) is 6.10 Å². The van der Waals surface area contributed by atoms with Crippen molar-refractivity contribution in [2.45, 2.75) is 32.9 Å². The van der Waals surface area contributed by atoms with Crippen molar-refractivity contribution in [2.75, 3.05) is 0 Å². The number of carbonyl (C=O) groups is 1. The Kier molecular flexibility index (Phi) is 4.16. The van der Waals surface area contributed by atoms with Crippen LogP contribution in [0, 0.1) is 0 Å². The van der Waals surface area contributed by atoms with Crippen LogP contribution in [0.2, 0.25) is 0 Å². The molecule has 1 N–H and O–H groups in total. The summed E-state index contributed by atoms with van der Waals surface area (Å²) in [5, 5.41) is 2.80. The van der Waals surface area contributed by atoms with E-state index in [0.717, 1.165) is 0 Å². The molecular weight excluding hydrogens is 190 g/mol. The zero-order valence-electron chi connectivity index (χ0n) is 9.36. The highest BCUT2D eigenvalue weighted by atomic mass is 16.5. The van der Waals surface area contributed by atoms with Gasteiger partial charge in [0.2, 0.25) is 0 Å². The molecule has 0 aliphatic rings. The molecule has 0 aliphatic carbocycles. The fraction of sp³-hybridized carbons (Fsp3) is 0.417. The molecule has 1 aromatic rings. The standard InChI is InChI=1S/C12H17NO2/c1-9(2)13-12(14)10(3)15-11-7-5-4-6-8-11/h4-10H,1-3H3,(H,13,14). The minimum Gasteiger partial charge on any atom is -0.481 e. The Labute approximate surface area is 90.4 Å². The van der Waals surface area contributed by atoms with Crippen molar-refractivity contribution in [3.05, 3.63) is 30.3 Å². The summed E-state index contributed by atoms with van der Waals surface area (Å²) in [5.74, 6) is 0.623. The topological polar surface area (TPSA) is 38.3 Å². The summed E-state index contributed by atoms with van der Waals surface area (Å²) in [6.07, 6.45) is -0.463. The van der Waals surface area contributed by atoms with E-state index < -0.39 is 6.10 Å². The van der Waals surface area contributed by atoms with Crippen molar-refractivity contribution in [1.82, 2.24) is 5.32 Å². The normalized spacial score (nSPS) is 12.3. The lowest BCUT2D eigenvalue weighted by atomic mass is 10.3. The SMILES string of the molecule is CC(C)NC(=O)C(C)Oc1ccccc1. The number of benzene rings is 1. The molecule has 0 aliphatic heterocycles. The lowest BCUT2D eigenvalue weighted by Crippen LogP contribution is -2.39. The van der Waals surface area contributed by atoms with E-state index in [4.69, 9.17) is 4.74 Å². The second-order valence-electron chi connectivity index (χ2n) is 3.74. The molecule has 0 fully saturated rings. The maximum Gasteiger partial charge on any atom is 0.260 e. The first kappa shape index (κ1) is 11.6. The zero-order valence-corrected chi connectivity index (χ0v) is 9.36. The molecule has 0 saturated carbocycles. The zero-order chi connectivity index (χ0) is 11.3. The van der Waals surface area contributed by atoms with E-state index in [0.29, 0.717) is 5.75 Å². The number of hydrogen-bond acceptors (Lipinski definition) is 2. The van der Waals surface area contributed by atoms with Crippen LogP contribution in [-0.2, 0) is 4.79 Å². The quantitative estimate of drug-likeness (QED) is 0.819. The van der Waals surface area contributed by atoms with Gasteiger partial charge < -0.3 is 10.1 Å². The molecule has 15 heavy (non-hydrogen) atoms. The first-order valence-electron chi connectivity index (χ1n) is 5.11. The van der Waals surface area contributed by atoms with Gasteiger partial charge in [-0.25, -0.2) is 0 Å². The molecule has 1 amide bonds. The van der Waals surface area contributed by atoms with Gasteiger partial charge in [-0.3, -0.25) is 4.79 Å². The van der Waals surface area contributed by atoms with Crippen LogP contribution in [0.4, 0.5) is 0 Å². The summed E-state index contributed by atoms with van der Waals surface area (Å²) >= 11 is 0. The lowest BCUT2D eigenvalue weighted by Gasteiger charge is -2.16. The summed E-state index contributed by atoms with van der Waals surface area (Å²) in [7, 11) is 0. The number of ether oxygens (including phenoxy) is 1. The Morgan fingerprint density at radius 2 is 1.80 bits per heavy atom. The van der Waals surface area contributed by atoms with Gasteiger partial charge in [0.05, 0.1) is 0 Å². The first-order valence-corrected chi connectivity index (χ1v) is 5.11. The molecule has 1 atom stereocenters. The summed E-state index contributed by atoms with van der Waals surface area (Å²) in [6.45, 7) is 5.59. The highest BCUT2D eigenvalue weighted by Gasteiger charge is 2.14. The van der Waals surface area contributed by atoms with Gasteiger partial charge >= 0.3 is 0 Å². The number of hydrogen-bond donors (Lipinski definition) is 1. The molecule has 3 heteroatoms. The van der Waals surface area contributed by atoms with Crippen LogP contribution in [-0.4, -0.2) is 18.1 Å². The predicted molar refractivity (Wildman–Crippen MR) is 59.8 cm³/mol. The van der Waals surface area contributed by atoms with E-state index in [1.165, 1.54) is 0 Å². The van der Waals surface area contributed by atoms with Gasteiger partial charge in [-0.1, -0.05) is 18.2 Å². The second kappa shape index (κ2) is 5.39. The molecule has 0 spiro atoms. The van der Waals surface area contributed by atoms with E-state index in [1.807, 2.05) is 44.2 Å². The van der Waals surface area contributed by atoms with Crippen LogP contribution in [0.25, 0.3) is 0 Å². The van der Waals surface area contributed by atoms with Crippen molar-refractivity contribution >= 4 is 5.91 Å². The van der Waals surface area contributed by atoms with E-state index in [9.17, 15) is 4.79 Å². The Balaban J connectivity index is 2.49. The van der Waals surface area contributed by atoms with Gasteiger partial charge in [-0.2, -0.15) is 0 Å². The number of amides is 1. The minimum absolute atomic E-state index is 0.0890. The molecule has 0 saturated heterocycles. The van der Waals surface area contributed by atoms with Crippen molar-refractivity contribution in [3.63, 3.8) is 0 Å². The highest BCUT2D eigenvalue weighted by Crippen LogP contribution is 2.10. The van der Waals surface area contributed by atoms with E-state index in [1.54, 1.807) is 6.92 Å². The molecule has 1 rings (SSSR count). The smallest absolute Gasteiger partial charge is 0.260 e. The number of para-hydroxylation sites is 1. The monoisotopic (exact) mass is 207 g/mol. The third kappa shape index (κ3) is 4.02. The van der Waals surface area contributed by atoms with E-state index in [-0.39, 0.29) is 11.9 Å². The van der Waals surface area contributed by atoms with Crippen molar-refractivity contribution in [3.8, 4) is 5.75 Å². The fourth-order valence-electron chi connectivity index (χ4n) is 1.16. The van der Waals surface area contributed by atoms with Crippen molar-refractivity contribution in [1.29, 1.82) is 0 Å². The van der Waals surface area contributed by atoms with Crippen LogP contribution >= 0.6 is 0 Å². The molecule has 0 aromatic heterocycles. The van der Waals surface area contributed by atoms with Crippen molar-refractivity contribution < 1.29 is 9.53 Å². The molecule has 0 heterocycles. The maximum atomic E-state index is 11.5. The molecule has 0 radical (unpaired) electrons. The van der Waals surface area contributed by atoms with Crippen LogP contribution in [0.1, 0.15) is 20.8 Å². The van der Waals surface area contributed by atoms with Crippen LogP contribution in [0.3, 0.4) is 0 Å². The second-order valence-corrected chi connectivity index (χ2v) is 3.74. The summed E-state index contributed by atoms with van der Waals surface area (Å²) < 4.78 is 5.46. The minimum atomic E-state index is -0.463. The van der Waals surface area contributed by atoms with Gasteiger partial charge in [0.25, 0.3) is 5.91 Å². The van der Waals surface area contributed by atoms with Gasteiger partial charge in [-0.05, 0) is 32.9 Å². The van der Waals surface area contributed by atoms with Gasteiger partial charge in [0.1, 0.15) is 5.75 Å². The van der Waals surface area contributed by atoms with Crippen LogP contribution in [0.5, 0.6) is 5.75 Å². The fourth-order valence-corrected chi connectivity index (χ4v) is 1.16. The summed E-state index contributed by atoms with van der Waals surface area (Å²) in [5.41, 5.74) is 0. The Bertz CT molecular complexity index is 309. The maximum absolute atomic E-state index is 11.5. The summed E-state index contributed by atoms with van der Waals surface area (Å²) in [4.78, 5) is 11.5. The molecule has 82 valence electrons. The third-order valence-corrected chi connectivity index (χ3v) is 1.86. The third-order valence-electron chi connectivity index (χ3n) is 1.86. The lowest BCUT2D eigenvalue weighted by molar-refractivity contribution is -0.127.